The predicted octanol–water partition coefficient (Wildman–Crippen LogP) is 5.85. The fourth-order valence-corrected chi connectivity index (χ4v) is 4.22. The average molecular weight is 356 g/mol. The van der Waals surface area contributed by atoms with Crippen LogP contribution in [-0.2, 0) is 0 Å². The van der Waals surface area contributed by atoms with Crippen molar-refractivity contribution in [3.8, 4) is 0 Å². The summed E-state index contributed by atoms with van der Waals surface area (Å²) < 4.78 is 14.8. The van der Waals surface area contributed by atoms with Gasteiger partial charge in [-0.2, -0.15) is 0 Å². The van der Waals surface area contributed by atoms with Crippen molar-refractivity contribution in [3.05, 3.63) is 34.1 Å². The first-order chi connectivity index (χ1) is 10.2. The van der Waals surface area contributed by atoms with Crippen LogP contribution in [0.1, 0.15) is 64.0 Å². The van der Waals surface area contributed by atoms with E-state index in [0.29, 0.717) is 5.92 Å². The minimum Gasteiger partial charge on any atom is -0.310 e. The average Bonchev–Trinajstić information content (AvgIpc) is 2.51. The Morgan fingerprint density at radius 1 is 1.29 bits per heavy atom. The van der Waals surface area contributed by atoms with Crippen molar-refractivity contribution in [1.29, 1.82) is 0 Å². The summed E-state index contributed by atoms with van der Waals surface area (Å²) in [5.41, 5.74) is 1.09. The molecule has 1 aliphatic rings. The van der Waals surface area contributed by atoms with E-state index in [-0.39, 0.29) is 11.9 Å². The molecule has 0 amide bonds. The number of halogens is 2. The van der Waals surface area contributed by atoms with Crippen LogP contribution in [-0.4, -0.2) is 6.54 Å². The molecule has 0 heterocycles. The lowest BCUT2D eigenvalue weighted by Gasteiger charge is -2.38. The van der Waals surface area contributed by atoms with Crippen molar-refractivity contribution in [2.45, 2.75) is 58.4 Å². The number of hydrogen-bond donors (Lipinski definition) is 1. The van der Waals surface area contributed by atoms with Crippen LogP contribution in [0.15, 0.2) is 22.7 Å². The minimum atomic E-state index is -0.139. The zero-order valence-corrected chi connectivity index (χ0v) is 14.8. The van der Waals surface area contributed by atoms with Crippen LogP contribution in [0.3, 0.4) is 0 Å². The van der Waals surface area contributed by atoms with Crippen molar-refractivity contribution in [3.63, 3.8) is 0 Å². The fourth-order valence-electron chi connectivity index (χ4n) is 3.73. The van der Waals surface area contributed by atoms with Gasteiger partial charge in [-0.15, -0.1) is 0 Å². The molecule has 3 atom stereocenters. The fraction of sp³-hybridized carbons (Fsp3) is 0.667. The smallest absolute Gasteiger partial charge is 0.123 e. The maximum atomic E-state index is 13.7. The molecule has 0 saturated heterocycles. The lowest BCUT2D eigenvalue weighted by Crippen LogP contribution is -2.35. The second kappa shape index (κ2) is 8.28. The summed E-state index contributed by atoms with van der Waals surface area (Å²) in [5, 5.41) is 3.69. The molecule has 1 nitrogen and oxygen atoms in total. The van der Waals surface area contributed by atoms with E-state index in [1.54, 1.807) is 6.07 Å². The Labute approximate surface area is 136 Å². The van der Waals surface area contributed by atoms with Gasteiger partial charge in [0.05, 0.1) is 0 Å². The molecule has 1 saturated carbocycles. The molecule has 0 spiro atoms. The third kappa shape index (κ3) is 4.29. The zero-order valence-electron chi connectivity index (χ0n) is 13.2. The highest BCUT2D eigenvalue weighted by Crippen LogP contribution is 2.42. The maximum Gasteiger partial charge on any atom is 0.123 e. The van der Waals surface area contributed by atoms with Crippen LogP contribution in [0.4, 0.5) is 4.39 Å². The summed E-state index contributed by atoms with van der Waals surface area (Å²) in [4.78, 5) is 0. The molecule has 118 valence electrons. The van der Waals surface area contributed by atoms with Gasteiger partial charge in [0.15, 0.2) is 0 Å². The Morgan fingerprint density at radius 2 is 2.05 bits per heavy atom. The first-order valence-corrected chi connectivity index (χ1v) is 9.15. The highest BCUT2D eigenvalue weighted by molar-refractivity contribution is 9.10. The van der Waals surface area contributed by atoms with Crippen molar-refractivity contribution in [1.82, 2.24) is 5.32 Å². The molecule has 1 fully saturated rings. The van der Waals surface area contributed by atoms with E-state index in [1.807, 2.05) is 6.07 Å². The number of nitrogens with one attached hydrogen (secondary N) is 1. The quantitative estimate of drug-likeness (QED) is 0.675. The Kier molecular flexibility index (Phi) is 6.69. The topological polar surface area (TPSA) is 12.0 Å². The van der Waals surface area contributed by atoms with E-state index < -0.39 is 0 Å². The zero-order chi connectivity index (χ0) is 15.2. The Balaban J connectivity index is 2.30. The molecule has 3 heteroatoms. The van der Waals surface area contributed by atoms with Crippen molar-refractivity contribution < 1.29 is 4.39 Å². The van der Waals surface area contributed by atoms with E-state index in [2.05, 4.69) is 35.1 Å². The molecular weight excluding hydrogens is 329 g/mol. The number of rotatable bonds is 6. The highest BCUT2D eigenvalue weighted by atomic mass is 79.9. The number of hydrogen-bond acceptors (Lipinski definition) is 1. The molecule has 1 aromatic rings. The van der Waals surface area contributed by atoms with Gasteiger partial charge in [0.2, 0.25) is 0 Å². The van der Waals surface area contributed by atoms with Gasteiger partial charge in [0.1, 0.15) is 5.82 Å². The molecule has 21 heavy (non-hydrogen) atoms. The van der Waals surface area contributed by atoms with E-state index in [9.17, 15) is 4.39 Å². The van der Waals surface area contributed by atoms with Crippen LogP contribution in [0.5, 0.6) is 0 Å². The molecule has 1 N–H and O–H groups in total. The van der Waals surface area contributed by atoms with Gasteiger partial charge in [0, 0.05) is 10.5 Å². The highest BCUT2D eigenvalue weighted by Gasteiger charge is 2.32. The summed E-state index contributed by atoms with van der Waals surface area (Å²) in [5.74, 6) is 1.23. The minimum absolute atomic E-state index is 0.139. The standard InChI is InChI=1S/C18H27BrFN/c1-3-11-21-18(15-8-6-5-7-13(15)4-2)16-12-14(20)9-10-17(16)19/h9-10,12-13,15,18,21H,3-8,11H2,1-2H3. The lowest BCUT2D eigenvalue weighted by atomic mass is 9.72. The summed E-state index contributed by atoms with van der Waals surface area (Å²) in [6.07, 6.45) is 7.55. The van der Waals surface area contributed by atoms with Crippen molar-refractivity contribution in [2.75, 3.05) is 6.54 Å². The first-order valence-electron chi connectivity index (χ1n) is 8.35. The molecule has 2 rings (SSSR count). The summed E-state index contributed by atoms with van der Waals surface area (Å²) in [6, 6.07) is 5.34. The molecule has 0 aliphatic heterocycles. The van der Waals surface area contributed by atoms with E-state index in [0.717, 1.165) is 28.9 Å². The van der Waals surface area contributed by atoms with E-state index in [1.165, 1.54) is 38.2 Å². The van der Waals surface area contributed by atoms with Crippen LogP contribution in [0.25, 0.3) is 0 Å². The second-order valence-corrected chi connectivity index (χ2v) is 7.07. The SMILES string of the molecule is CCCNC(c1cc(F)ccc1Br)C1CCCCC1CC. The summed E-state index contributed by atoms with van der Waals surface area (Å²) >= 11 is 3.62. The van der Waals surface area contributed by atoms with Crippen molar-refractivity contribution in [2.24, 2.45) is 11.8 Å². The maximum absolute atomic E-state index is 13.7. The monoisotopic (exact) mass is 355 g/mol. The molecule has 1 aliphatic carbocycles. The van der Waals surface area contributed by atoms with Gasteiger partial charge >= 0.3 is 0 Å². The Morgan fingerprint density at radius 3 is 2.76 bits per heavy atom. The first kappa shape index (κ1) is 17.0. The normalized spacial score (nSPS) is 24.0. The molecular formula is C18H27BrFN. The predicted molar refractivity (Wildman–Crippen MR) is 90.9 cm³/mol. The van der Waals surface area contributed by atoms with Gasteiger partial charge in [-0.3, -0.25) is 0 Å². The lowest BCUT2D eigenvalue weighted by molar-refractivity contribution is 0.175. The van der Waals surface area contributed by atoms with E-state index in [4.69, 9.17) is 0 Å². The summed E-state index contributed by atoms with van der Waals surface area (Å²) in [6.45, 7) is 5.46. The van der Waals surface area contributed by atoms with Gasteiger partial charge in [0.25, 0.3) is 0 Å². The third-order valence-corrected chi connectivity index (χ3v) is 5.55. The third-order valence-electron chi connectivity index (χ3n) is 4.83. The van der Waals surface area contributed by atoms with Gasteiger partial charge in [-0.25, -0.2) is 4.39 Å². The molecule has 0 radical (unpaired) electrons. The van der Waals surface area contributed by atoms with Crippen LogP contribution in [0, 0.1) is 17.7 Å². The van der Waals surface area contributed by atoms with Gasteiger partial charge < -0.3 is 5.32 Å². The largest absolute Gasteiger partial charge is 0.310 e. The Hall–Kier alpha value is -0.410. The molecule has 1 aromatic carbocycles. The number of benzene rings is 1. The summed E-state index contributed by atoms with van der Waals surface area (Å²) in [7, 11) is 0. The van der Waals surface area contributed by atoms with Crippen molar-refractivity contribution >= 4 is 15.9 Å². The second-order valence-electron chi connectivity index (χ2n) is 6.21. The van der Waals surface area contributed by atoms with Crippen LogP contribution < -0.4 is 5.32 Å². The van der Waals surface area contributed by atoms with Gasteiger partial charge in [-0.05, 0) is 55.0 Å². The molecule has 0 bridgehead atoms. The van der Waals surface area contributed by atoms with E-state index >= 15 is 0 Å². The molecule has 0 aromatic heterocycles. The Bertz CT molecular complexity index is 449. The van der Waals surface area contributed by atoms with Gasteiger partial charge in [-0.1, -0.05) is 55.5 Å². The van der Waals surface area contributed by atoms with Crippen LogP contribution in [0.2, 0.25) is 0 Å². The molecule has 3 unspecified atom stereocenters. The van der Waals surface area contributed by atoms with Crippen LogP contribution >= 0.6 is 15.9 Å².